The van der Waals surface area contributed by atoms with Crippen LogP contribution < -0.4 is 10.5 Å². The summed E-state index contributed by atoms with van der Waals surface area (Å²) in [6.07, 6.45) is 2.85. The van der Waals surface area contributed by atoms with E-state index in [0.717, 1.165) is 23.1 Å². The first-order valence-electron chi connectivity index (χ1n) is 5.70. The number of fused-ring (bicyclic) bond motifs is 1. The van der Waals surface area contributed by atoms with Crippen molar-refractivity contribution in [2.45, 2.75) is 19.9 Å². The number of benzene rings is 1. The van der Waals surface area contributed by atoms with Crippen molar-refractivity contribution in [2.75, 3.05) is 6.61 Å². The quantitative estimate of drug-likeness (QED) is 0.856. The third kappa shape index (κ3) is 2.58. The first-order chi connectivity index (χ1) is 8.20. The maximum atomic E-state index is 10.9. The van der Waals surface area contributed by atoms with E-state index in [1.54, 1.807) is 0 Å². The zero-order valence-corrected chi connectivity index (χ0v) is 9.85. The highest BCUT2D eigenvalue weighted by molar-refractivity contribution is 5.83. The Labute approximate surface area is 100.0 Å². The molecule has 1 aromatic heterocycles. The lowest BCUT2D eigenvalue weighted by molar-refractivity contribution is -0.118. The van der Waals surface area contributed by atoms with Gasteiger partial charge in [0.1, 0.15) is 12.3 Å². The Kier molecular flexibility index (Phi) is 3.32. The van der Waals surface area contributed by atoms with E-state index in [9.17, 15) is 4.79 Å². The second-order valence-corrected chi connectivity index (χ2v) is 3.98. The molecule has 2 N–H and O–H groups in total. The second kappa shape index (κ2) is 4.91. The van der Waals surface area contributed by atoms with Gasteiger partial charge in [-0.2, -0.15) is 0 Å². The van der Waals surface area contributed by atoms with E-state index in [0.29, 0.717) is 6.61 Å². The van der Waals surface area contributed by atoms with E-state index >= 15 is 0 Å². The molecule has 1 amide bonds. The summed E-state index contributed by atoms with van der Waals surface area (Å²) in [6, 6.07) is 7.79. The number of nitrogens with two attached hydrogens (primary N) is 1. The number of primary amides is 1. The van der Waals surface area contributed by atoms with Gasteiger partial charge in [-0.1, -0.05) is 6.92 Å². The highest BCUT2D eigenvalue weighted by Crippen LogP contribution is 2.22. The fourth-order valence-electron chi connectivity index (χ4n) is 1.79. The Morgan fingerprint density at radius 3 is 2.94 bits per heavy atom. The van der Waals surface area contributed by atoms with E-state index < -0.39 is 0 Å². The maximum absolute atomic E-state index is 10.9. The summed E-state index contributed by atoms with van der Waals surface area (Å²) in [4.78, 5) is 10.9. The van der Waals surface area contributed by atoms with Crippen LogP contribution >= 0.6 is 0 Å². The predicted molar refractivity (Wildman–Crippen MR) is 66.9 cm³/mol. The van der Waals surface area contributed by atoms with Gasteiger partial charge >= 0.3 is 0 Å². The Bertz CT molecular complexity index is 531. The maximum Gasteiger partial charge on any atom is 0.237 e. The normalized spacial score (nSPS) is 10.6. The van der Waals surface area contributed by atoms with Gasteiger partial charge in [-0.05, 0) is 30.7 Å². The minimum Gasteiger partial charge on any atom is -0.494 e. The standard InChI is InChI=1S/C13H16N2O2/c1-2-7-17-11-3-4-12-10(8-11)5-6-15(12)9-13(14)16/h3-6,8H,2,7,9H2,1H3,(H2,14,16). The molecule has 0 fully saturated rings. The zero-order chi connectivity index (χ0) is 12.3. The molecule has 4 nitrogen and oxygen atoms in total. The van der Waals surface area contributed by atoms with Crippen molar-refractivity contribution >= 4 is 16.8 Å². The minimum atomic E-state index is -0.339. The Morgan fingerprint density at radius 2 is 2.24 bits per heavy atom. The van der Waals surface area contributed by atoms with Crippen LogP contribution in [-0.4, -0.2) is 17.1 Å². The summed E-state index contributed by atoms with van der Waals surface area (Å²) in [5.74, 6) is 0.519. The van der Waals surface area contributed by atoms with Gasteiger partial charge in [0.15, 0.2) is 0 Å². The van der Waals surface area contributed by atoms with Gasteiger partial charge in [-0.3, -0.25) is 4.79 Å². The molecule has 4 heteroatoms. The van der Waals surface area contributed by atoms with Crippen LogP contribution in [0, 0.1) is 0 Å². The van der Waals surface area contributed by atoms with E-state index in [1.165, 1.54) is 0 Å². The molecule has 0 unspecified atom stereocenters. The molecule has 0 aliphatic heterocycles. The van der Waals surface area contributed by atoms with Crippen LogP contribution in [0.5, 0.6) is 5.75 Å². The number of hydrogen-bond acceptors (Lipinski definition) is 2. The Morgan fingerprint density at radius 1 is 1.41 bits per heavy atom. The number of nitrogens with zero attached hydrogens (tertiary/aromatic N) is 1. The molecule has 0 aliphatic rings. The minimum absolute atomic E-state index is 0.207. The van der Waals surface area contributed by atoms with Crippen molar-refractivity contribution < 1.29 is 9.53 Å². The molecule has 0 atom stereocenters. The SMILES string of the molecule is CCCOc1ccc2c(ccn2CC(N)=O)c1. The first kappa shape index (κ1) is 11.5. The number of amides is 1. The number of ether oxygens (including phenoxy) is 1. The lowest BCUT2D eigenvalue weighted by Gasteiger charge is -2.05. The molecule has 0 aliphatic carbocycles. The molecule has 0 bridgehead atoms. The van der Waals surface area contributed by atoms with Crippen molar-refractivity contribution in [1.82, 2.24) is 4.57 Å². The zero-order valence-electron chi connectivity index (χ0n) is 9.85. The van der Waals surface area contributed by atoms with Crippen LogP contribution in [0.15, 0.2) is 30.5 Å². The Balaban J connectivity index is 2.28. The fourth-order valence-corrected chi connectivity index (χ4v) is 1.79. The van der Waals surface area contributed by atoms with E-state index in [-0.39, 0.29) is 12.5 Å². The van der Waals surface area contributed by atoms with Crippen molar-refractivity contribution in [3.05, 3.63) is 30.5 Å². The molecular formula is C13H16N2O2. The number of carbonyl (C=O) groups excluding carboxylic acids is 1. The summed E-state index contributed by atoms with van der Waals surface area (Å²) in [5.41, 5.74) is 6.18. The molecule has 17 heavy (non-hydrogen) atoms. The first-order valence-corrected chi connectivity index (χ1v) is 5.70. The third-order valence-corrected chi connectivity index (χ3v) is 2.54. The van der Waals surface area contributed by atoms with Crippen molar-refractivity contribution in [3.8, 4) is 5.75 Å². The molecule has 0 saturated carbocycles. The molecule has 0 radical (unpaired) electrons. The number of carbonyl (C=O) groups is 1. The van der Waals surface area contributed by atoms with Crippen LogP contribution in [0.2, 0.25) is 0 Å². The lowest BCUT2D eigenvalue weighted by Crippen LogP contribution is -2.17. The van der Waals surface area contributed by atoms with Gasteiger partial charge in [-0.25, -0.2) is 0 Å². The van der Waals surface area contributed by atoms with Gasteiger partial charge in [0.25, 0.3) is 0 Å². The number of rotatable bonds is 5. The molecule has 1 heterocycles. The molecule has 90 valence electrons. The summed E-state index contributed by atoms with van der Waals surface area (Å²) in [5, 5.41) is 1.06. The monoisotopic (exact) mass is 232 g/mol. The predicted octanol–water partition coefficient (Wildman–Crippen LogP) is 1.92. The average Bonchev–Trinajstić information content (AvgIpc) is 2.68. The molecule has 0 saturated heterocycles. The van der Waals surface area contributed by atoms with E-state index in [4.69, 9.17) is 10.5 Å². The summed E-state index contributed by atoms with van der Waals surface area (Å²) >= 11 is 0. The smallest absolute Gasteiger partial charge is 0.237 e. The Hall–Kier alpha value is -1.97. The average molecular weight is 232 g/mol. The van der Waals surface area contributed by atoms with E-state index in [1.807, 2.05) is 35.0 Å². The molecule has 1 aromatic carbocycles. The van der Waals surface area contributed by atoms with Crippen LogP contribution in [0.1, 0.15) is 13.3 Å². The van der Waals surface area contributed by atoms with Crippen LogP contribution in [0.25, 0.3) is 10.9 Å². The van der Waals surface area contributed by atoms with Crippen LogP contribution in [0.3, 0.4) is 0 Å². The fraction of sp³-hybridized carbons (Fsp3) is 0.308. The molecule has 2 aromatic rings. The molecule has 0 spiro atoms. The van der Waals surface area contributed by atoms with Gasteiger partial charge in [0.2, 0.25) is 5.91 Å². The lowest BCUT2D eigenvalue weighted by atomic mass is 10.2. The summed E-state index contributed by atoms with van der Waals surface area (Å²) in [6.45, 7) is 2.99. The van der Waals surface area contributed by atoms with Gasteiger partial charge < -0.3 is 15.0 Å². The molecule has 2 rings (SSSR count). The van der Waals surface area contributed by atoms with Crippen LogP contribution in [0.4, 0.5) is 0 Å². The van der Waals surface area contributed by atoms with Gasteiger partial charge in [0.05, 0.1) is 6.61 Å². The molecular weight excluding hydrogens is 216 g/mol. The van der Waals surface area contributed by atoms with Crippen LogP contribution in [-0.2, 0) is 11.3 Å². The second-order valence-electron chi connectivity index (χ2n) is 3.98. The van der Waals surface area contributed by atoms with Gasteiger partial charge in [-0.15, -0.1) is 0 Å². The van der Waals surface area contributed by atoms with Crippen molar-refractivity contribution in [2.24, 2.45) is 5.73 Å². The summed E-state index contributed by atoms with van der Waals surface area (Å²) in [7, 11) is 0. The summed E-state index contributed by atoms with van der Waals surface area (Å²) < 4.78 is 7.39. The van der Waals surface area contributed by atoms with Gasteiger partial charge in [0, 0.05) is 17.1 Å². The topological polar surface area (TPSA) is 57.2 Å². The number of aromatic nitrogens is 1. The largest absolute Gasteiger partial charge is 0.494 e. The third-order valence-electron chi connectivity index (χ3n) is 2.54. The van der Waals surface area contributed by atoms with E-state index in [2.05, 4.69) is 6.92 Å². The highest BCUT2D eigenvalue weighted by atomic mass is 16.5. The van der Waals surface area contributed by atoms with Crippen molar-refractivity contribution in [3.63, 3.8) is 0 Å². The highest BCUT2D eigenvalue weighted by Gasteiger charge is 2.04. The number of hydrogen-bond donors (Lipinski definition) is 1. The van der Waals surface area contributed by atoms with Crippen molar-refractivity contribution in [1.29, 1.82) is 0 Å².